The van der Waals surface area contributed by atoms with E-state index in [0.717, 1.165) is 86.8 Å². The van der Waals surface area contributed by atoms with E-state index in [9.17, 15) is 9.90 Å². The van der Waals surface area contributed by atoms with Crippen molar-refractivity contribution in [1.29, 1.82) is 0 Å². The van der Waals surface area contributed by atoms with Gasteiger partial charge in [-0.2, -0.15) is 0 Å². The largest absolute Gasteiger partial charge is 0.504 e. The maximum atomic E-state index is 13.2. The molecule has 0 aliphatic heterocycles. The molecule has 5 atom stereocenters. The number of hydrogen-bond donors (Lipinski definition) is 3. The third-order valence-electron chi connectivity index (χ3n) is 11.3. The minimum Gasteiger partial charge on any atom is -0.504 e. The molecule has 0 amide bonds. The van der Waals surface area contributed by atoms with Crippen LogP contribution in [-0.2, 0) is 16.0 Å². The van der Waals surface area contributed by atoms with Crippen LogP contribution in [0.4, 0.5) is 0 Å². The number of benzene rings is 1. The van der Waals surface area contributed by atoms with Gasteiger partial charge in [-0.25, -0.2) is 4.99 Å². The van der Waals surface area contributed by atoms with Crippen molar-refractivity contribution in [3.63, 3.8) is 0 Å². The van der Waals surface area contributed by atoms with Crippen molar-refractivity contribution in [2.24, 2.45) is 40.1 Å². The topological polar surface area (TPSA) is 120 Å². The van der Waals surface area contributed by atoms with E-state index < -0.39 is 0 Å². The quantitative estimate of drug-likeness (QED) is 0.0908. The Balaban J connectivity index is 1.58. The number of phenolic OH excluding ortho intramolecular Hbond substituents is 1. The number of methoxy groups -OCH3 is 1. The van der Waals surface area contributed by atoms with Crippen LogP contribution >= 0.6 is 0 Å². The predicted octanol–water partition coefficient (Wildman–Crippen LogP) is 7.71. The number of carbonyl (C=O) groups is 1. The monoisotopic (exact) mass is 669 g/mol. The first-order valence-electron chi connectivity index (χ1n) is 19.1. The van der Waals surface area contributed by atoms with Crippen LogP contribution < -0.4 is 16.2 Å². The number of hydrogen-bond acceptors (Lipinski definition) is 5. The number of nitrogens with zero attached hydrogens (tertiary/aromatic N) is 1. The average molecular weight is 670 g/mol. The molecule has 1 aromatic carbocycles. The second-order valence-electron chi connectivity index (χ2n) is 15.1. The van der Waals surface area contributed by atoms with Gasteiger partial charge < -0.3 is 26.0 Å². The first-order chi connectivity index (χ1) is 23.8. The van der Waals surface area contributed by atoms with Gasteiger partial charge in [0.2, 0.25) is 0 Å². The van der Waals surface area contributed by atoms with Gasteiger partial charge in [-0.1, -0.05) is 50.5 Å². The number of aryl methyl sites for hydroxylation is 1. The van der Waals surface area contributed by atoms with E-state index in [1.54, 1.807) is 13.2 Å². The van der Waals surface area contributed by atoms with Crippen molar-refractivity contribution in [2.75, 3.05) is 13.7 Å². The molecule has 7 heteroatoms. The summed E-state index contributed by atoms with van der Waals surface area (Å²) in [5.74, 6) is 15.9. The molecular formula is C42H59N3O4. The number of aromatic hydroxyl groups is 1. The first-order valence-corrected chi connectivity index (χ1v) is 19.1. The molecule has 2 bridgehead atoms. The second kappa shape index (κ2) is 18.5. The normalized spacial score (nSPS) is 26.2. The molecule has 5 N–H and O–H groups in total. The first kappa shape index (κ1) is 36.9. The fraction of sp³-hybridized carbons (Fsp3) is 0.667. The van der Waals surface area contributed by atoms with Gasteiger partial charge in [0.25, 0.3) is 0 Å². The molecule has 5 aliphatic carbocycles. The second-order valence-corrected chi connectivity index (χ2v) is 15.1. The van der Waals surface area contributed by atoms with Gasteiger partial charge in [-0.05, 0) is 112 Å². The Labute approximate surface area is 295 Å². The third kappa shape index (κ3) is 10.5. The molecule has 0 spiro atoms. The van der Waals surface area contributed by atoms with E-state index in [-0.39, 0.29) is 47.4 Å². The molecule has 49 heavy (non-hydrogen) atoms. The van der Waals surface area contributed by atoms with Gasteiger partial charge in [-0.15, -0.1) is 11.8 Å². The van der Waals surface area contributed by atoms with Crippen LogP contribution in [0.2, 0.25) is 0 Å². The van der Waals surface area contributed by atoms with E-state index in [1.807, 2.05) is 6.07 Å². The summed E-state index contributed by atoms with van der Waals surface area (Å²) in [5.41, 5.74) is 14.5. The van der Waals surface area contributed by atoms with E-state index in [2.05, 4.69) is 41.7 Å². The number of carbonyl (C=O) groups excluding carboxylic acids is 1. The van der Waals surface area contributed by atoms with Crippen LogP contribution in [0.5, 0.6) is 11.5 Å². The number of fused-ring (bicyclic) bond motifs is 8. The predicted molar refractivity (Wildman–Crippen MR) is 197 cm³/mol. The van der Waals surface area contributed by atoms with Crippen molar-refractivity contribution in [1.82, 2.24) is 0 Å². The summed E-state index contributed by atoms with van der Waals surface area (Å²) in [6, 6.07) is 1.76. The molecule has 0 aromatic heterocycles. The smallest absolute Gasteiger partial charge is 0.186 e. The van der Waals surface area contributed by atoms with Crippen molar-refractivity contribution < 1.29 is 19.4 Å². The molecule has 1 aromatic rings. The molecule has 266 valence electrons. The summed E-state index contributed by atoms with van der Waals surface area (Å²) in [7, 11) is 1.75. The zero-order chi connectivity index (χ0) is 34.6. The summed E-state index contributed by atoms with van der Waals surface area (Å²) in [6.45, 7) is 2.79. The van der Waals surface area contributed by atoms with Crippen LogP contribution in [0.1, 0.15) is 139 Å². The number of phenols is 1. The lowest BCUT2D eigenvalue weighted by atomic mass is 9.74. The van der Waals surface area contributed by atoms with Crippen molar-refractivity contribution in [3.05, 3.63) is 34.9 Å². The maximum absolute atomic E-state index is 13.2. The Morgan fingerprint density at radius 1 is 1.02 bits per heavy atom. The third-order valence-corrected chi connectivity index (χ3v) is 11.3. The summed E-state index contributed by atoms with van der Waals surface area (Å²) < 4.78 is 12.5. The van der Waals surface area contributed by atoms with Gasteiger partial charge in [0, 0.05) is 44.1 Å². The Bertz CT molecular complexity index is 1440. The van der Waals surface area contributed by atoms with Crippen LogP contribution in [0, 0.1) is 47.4 Å². The van der Waals surface area contributed by atoms with Crippen LogP contribution in [0.25, 0.3) is 0 Å². The highest BCUT2D eigenvalue weighted by molar-refractivity contribution is 5.89. The molecule has 2 fully saturated rings. The fourth-order valence-corrected chi connectivity index (χ4v) is 8.50. The van der Waals surface area contributed by atoms with E-state index in [4.69, 9.17) is 20.9 Å². The van der Waals surface area contributed by atoms with Gasteiger partial charge in [0.1, 0.15) is 0 Å². The Kier molecular flexibility index (Phi) is 13.9. The molecular weight excluding hydrogens is 610 g/mol. The molecule has 5 unspecified atom stereocenters. The van der Waals surface area contributed by atoms with Crippen LogP contribution in [0.15, 0.2) is 23.2 Å². The standard InChI is InChI=1S/C42H59N3O4/c1-29-11-3-7-15-31-21-25-36-32(20-23-34(46)16-8-6-14-30-12-4-5-13-30)27-39(49-35-17-9-10-18-35)41(47)40(36)37(24-19-29)33(28-48-2)22-26-38(31)45-42(43)44/h8,16,27,29-31,33,35,37-38,47H,4-6,9-15,17-20,22-24,26,28H2,1-2H3,(H4,43,44,45). The van der Waals surface area contributed by atoms with E-state index in [0.29, 0.717) is 37.5 Å². The Morgan fingerprint density at radius 3 is 2.53 bits per heavy atom. The number of ketones is 1. The van der Waals surface area contributed by atoms with Gasteiger partial charge in [-0.3, -0.25) is 4.79 Å². The van der Waals surface area contributed by atoms with Crippen LogP contribution in [0.3, 0.4) is 0 Å². The molecule has 6 rings (SSSR count). The highest BCUT2D eigenvalue weighted by Gasteiger charge is 2.34. The number of guanidine groups is 1. The number of nitrogens with two attached hydrogens (primary N) is 2. The highest BCUT2D eigenvalue weighted by Crippen LogP contribution is 2.47. The van der Waals surface area contributed by atoms with Crippen molar-refractivity contribution in [3.8, 4) is 35.2 Å². The number of aliphatic imine (C=N–C) groups is 1. The lowest BCUT2D eigenvalue weighted by molar-refractivity contribution is -0.114. The number of allylic oxidation sites excluding steroid dienone is 2. The minimum absolute atomic E-state index is 0.0334. The van der Waals surface area contributed by atoms with Crippen molar-refractivity contribution >= 4 is 11.7 Å². The molecule has 7 nitrogen and oxygen atoms in total. The van der Waals surface area contributed by atoms with Gasteiger partial charge >= 0.3 is 0 Å². The summed E-state index contributed by atoms with van der Waals surface area (Å²) in [4.78, 5) is 17.9. The molecule has 0 heterocycles. The average Bonchev–Trinajstić information content (AvgIpc) is 3.80. The molecule has 2 saturated carbocycles. The maximum Gasteiger partial charge on any atom is 0.186 e. The SMILES string of the molecule is COCC1CCC(N=C(N)N)C2C#Cc3c(CCC(=O)C=CCCC4CCCC4)cc(OC4CCCC4)c(O)c3C1CCC(C)CC#CC2. The van der Waals surface area contributed by atoms with E-state index in [1.165, 1.54) is 32.1 Å². The highest BCUT2D eigenvalue weighted by atomic mass is 16.5. The lowest BCUT2D eigenvalue weighted by Gasteiger charge is -2.33. The summed E-state index contributed by atoms with van der Waals surface area (Å²) >= 11 is 0. The fourth-order valence-electron chi connectivity index (χ4n) is 8.50. The molecule has 0 saturated heterocycles. The number of rotatable bonds is 12. The number of ether oxygens (including phenoxy) is 2. The Morgan fingerprint density at radius 2 is 1.78 bits per heavy atom. The zero-order valence-electron chi connectivity index (χ0n) is 30.0. The van der Waals surface area contributed by atoms with Gasteiger partial charge in [0.05, 0.1) is 18.1 Å². The summed E-state index contributed by atoms with van der Waals surface area (Å²) in [5, 5.41) is 12.2. The van der Waals surface area contributed by atoms with Gasteiger partial charge in [0.15, 0.2) is 23.2 Å². The Hall–Kier alpha value is -3.42. The minimum atomic E-state index is -0.204. The molecule has 5 aliphatic rings. The van der Waals surface area contributed by atoms with Crippen molar-refractivity contribution in [2.45, 2.75) is 141 Å². The van der Waals surface area contributed by atoms with Crippen LogP contribution in [-0.4, -0.2) is 42.7 Å². The van der Waals surface area contributed by atoms with E-state index >= 15 is 0 Å². The molecule has 0 radical (unpaired) electrons. The zero-order valence-corrected chi connectivity index (χ0v) is 30.0. The lowest BCUT2D eigenvalue weighted by Crippen LogP contribution is -2.30. The summed E-state index contributed by atoms with van der Waals surface area (Å²) in [6.07, 6.45) is 21.2.